The van der Waals surface area contributed by atoms with E-state index >= 15 is 0 Å². The van der Waals surface area contributed by atoms with Gasteiger partial charge in [-0.25, -0.2) is 8.42 Å². The molecule has 2 aromatic carbocycles. The molecule has 0 aromatic heterocycles. The zero-order valence-corrected chi connectivity index (χ0v) is 16.1. The Morgan fingerprint density at radius 3 is 2.61 bits per heavy atom. The number of anilines is 1. The second kappa shape index (κ2) is 8.46. The van der Waals surface area contributed by atoms with Crippen molar-refractivity contribution in [3.05, 3.63) is 63.7 Å². The van der Waals surface area contributed by atoms with Gasteiger partial charge in [0.1, 0.15) is 5.69 Å². The van der Waals surface area contributed by atoms with Crippen molar-refractivity contribution in [2.24, 2.45) is 5.10 Å². The largest absolute Gasteiger partial charge is 0.379 e. The van der Waals surface area contributed by atoms with Gasteiger partial charge in [-0.15, -0.1) is 0 Å². The van der Waals surface area contributed by atoms with E-state index in [4.69, 9.17) is 4.74 Å². The van der Waals surface area contributed by atoms with Crippen molar-refractivity contribution in [2.75, 3.05) is 31.7 Å². The molecule has 1 aliphatic rings. The molecule has 1 aliphatic heterocycles. The maximum Gasteiger partial charge on any atom is 0.295 e. The summed E-state index contributed by atoms with van der Waals surface area (Å²) in [6.45, 7) is 2.96. The number of nitro benzene ring substituents is 1. The summed E-state index contributed by atoms with van der Waals surface area (Å²) in [5.74, 6) is 0. The van der Waals surface area contributed by atoms with Crippen LogP contribution in [0.25, 0.3) is 0 Å². The minimum absolute atomic E-state index is 0.107. The van der Waals surface area contributed by atoms with Gasteiger partial charge >= 0.3 is 0 Å². The minimum atomic E-state index is -3.82. The summed E-state index contributed by atoms with van der Waals surface area (Å²) in [5, 5.41) is 15.5. The number of morpholine rings is 1. The normalized spacial score (nSPS) is 15.6. The van der Waals surface area contributed by atoms with Crippen LogP contribution in [0.15, 0.2) is 52.5 Å². The van der Waals surface area contributed by atoms with Gasteiger partial charge < -0.3 is 4.74 Å². The Morgan fingerprint density at radius 2 is 1.93 bits per heavy atom. The Morgan fingerprint density at radius 1 is 1.21 bits per heavy atom. The standard InChI is InChI=1S/C18H20N4O5S/c1-14-4-2-3-5-15(14)13-19-20-17-7-6-16(12-18(17)22(23)24)28(25,26)21-8-10-27-11-9-21/h2-7,12-13,20H,8-11H2,1H3/b19-13-. The van der Waals surface area contributed by atoms with Crippen molar-refractivity contribution in [2.45, 2.75) is 11.8 Å². The fraction of sp³-hybridized carbons (Fsp3) is 0.278. The second-order valence-electron chi connectivity index (χ2n) is 6.18. The lowest BCUT2D eigenvalue weighted by Gasteiger charge is -2.26. The molecular formula is C18H20N4O5S. The lowest BCUT2D eigenvalue weighted by atomic mass is 10.1. The van der Waals surface area contributed by atoms with Gasteiger partial charge in [-0.2, -0.15) is 9.41 Å². The van der Waals surface area contributed by atoms with E-state index in [-0.39, 0.29) is 29.4 Å². The Labute approximate surface area is 162 Å². The summed E-state index contributed by atoms with van der Waals surface area (Å²) >= 11 is 0. The zero-order valence-electron chi connectivity index (χ0n) is 15.2. The third kappa shape index (κ3) is 4.35. The maximum absolute atomic E-state index is 12.7. The molecule has 1 heterocycles. The van der Waals surface area contributed by atoms with Crippen molar-refractivity contribution >= 4 is 27.6 Å². The first-order chi connectivity index (χ1) is 13.4. The molecule has 28 heavy (non-hydrogen) atoms. The van der Waals surface area contributed by atoms with Crippen LogP contribution in [-0.4, -0.2) is 50.2 Å². The van der Waals surface area contributed by atoms with Crippen LogP contribution < -0.4 is 5.43 Å². The van der Waals surface area contributed by atoms with E-state index in [2.05, 4.69) is 10.5 Å². The van der Waals surface area contributed by atoms with Gasteiger partial charge in [0.2, 0.25) is 10.0 Å². The van der Waals surface area contributed by atoms with Crippen molar-refractivity contribution in [3.8, 4) is 0 Å². The lowest BCUT2D eigenvalue weighted by molar-refractivity contribution is -0.384. The third-order valence-electron chi connectivity index (χ3n) is 4.35. The molecule has 1 N–H and O–H groups in total. The number of rotatable bonds is 6. The SMILES string of the molecule is Cc1ccccc1/C=N\Nc1ccc(S(=O)(=O)N2CCOCC2)cc1[N+](=O)[O-]. The fourth-order valence-electron chi connectivity index (χ4n) is 2.76. The van der Waals surface area contributed by atoms with E-state index in [1.165, 1.54) is 16.4 Å². The summed E-state index contributed by atoms with van der Waals surface area (Å²) < 4.78 is 31.8. The maximum atomic E-state index is 12.7. The van der Waals surface area contributed by atoms with E-state index < -0.39 is 14.9 Å². The number of sulfonamides is 1. The summed E-state index contributed by atoms with van der Waals surface area (Å²) in [7, 11) is -3.82. The number of aryl methyl sites for hydroxylation is 1. The van der Waals surface area contributed by atoms with Crippen molar-refractivity contribution < 1.29 is 18.1 Å². The molecular weight excluding hydrogens is 384 g/mol. The predicted octanol–water partition coefficient (Wildman–Crippen LogP) is 2.37. The summed E-state index contributed by atoms with van der Waals surface area (Å²) in [6, 6.07) is 11.3. The first-order valence-corrected chi connectivity index (χ1v) is 10.0. The molecule has 148 valence electrons. The van der Waals surface area contributed by atoms with Gasteiger partial charge in [-0.3, -0.25) is 15.5 Å². The topological polar surface area (TPSA) is 114 Å². The number of hydrogen-bond acceptors (Lipinski definition) is 7. The van der Waals surface area contributed by atoms with Crippen molar-refractivity contribution in [1.29, 1.82) is 0 Å². The average molecular weight is 404 g/mol. The van der Waals surface area contributed by atoms with Crippen LogP contribution in [-0.2, 0) is 14.8 Å². The quantitative estimate of drug-likeness (QED) is 0.449. The van der Waals surface area contributed by atoms with Crippen LogP contribution in [0.3, 0.4) is 0 Å². The summed E-state index contributed by atoms with van der Waals surface area (Å²) in [6.07, 6.45) is 1.55. The molecule has 0 saturated carbocycles. The molecule has 0 radical (unpaired) electrons. The van der Waals surface area contributed by atoms with E-state index in [9.17, 15) is 18.5 Å². The highest BCUT2D eigenvalue weighted by Crippen LogP contribution is 2.29. The lowest BCUT2D eigenvalue weighted by Crippen LogP contribution is -2.40. The molecule has 1 fully saturated rings. The smallest absolute Gasteiger partial charge is 0.295 e. The van der Waals surface area contributed by atoms with Gasteiger partial charge in [0, 0.05) is 19.2 Å². The van der Waals surface area contributed by atoms with Gasteiger partial charge in [0.05, 0.1) is 29.2 Å². The fourth-order valence-corrected chi connectivity index (χ4v) is 4.19. The van der Waals surface area contributed by atoms with Crippen LogP contribution >= 0.6 is 0 Å². The number of hydrogen-bond donors (Lipinski definition) is 1. The Hall–Kier alpha value is -2.82. The first-order valence-electron chi connectivity index (χ1n) is 8.60. The van der Waals surface area contributed by atoms with Gasteiger partial charge in [0.25, 0.3) is 5.69 Å². The molecule has 0 unspecified atom stereocenters. The van der Waals surface area contributed by atoms with E-state index in [0.717, 1.165) is 17.2 Å². The zero-order chi connectivity index (χ0) is 20.1. The van der Waals surface area contributed by atoms with Gasteiger partial charge in [-0.05, 0) is 30.2 Å². The van der Waals surface area contributed by atoms with Crippen LogP contribution in [0.2, 0.25) is 0 Å². The highest BCUT2D eigenvalue weighted by molar-refractivity contribution is 7.89. The number of nitro groups is 1. The van der Waals surface area contributed by atoms with E-state index in [1.54, 1.807) is 6.21 Å². The number of nitrogens with zero attached hydrogens (tertiary/aromatic N) is 3. The van der Waals surface area contributed by atoms with Crippen molar-refractivity contribution in [1.82, 2.24) is 4.31 Å². The summed E-state index contributed by atoms with van der Waals surface area (Å²) in [5.41, 5.74) is 4.24. The highest BCUT2D eigenvalue weighted by atomic mass is 32.2. The minimum Gasteiger partial charge on any atom is -0.379 e. The Kier molecular flexibility index (Phi) is 6.02. The molecule has 0 bridgehead atoms. The molecule has 9 nitrogen and oxygen atoms in total. The van der Waals surface area contributed by atoms with Crippen LogP contribution in [0.5, 0.6) is 0 Å². The molecule has 10 heteroatoms. The van der Waals surface area contributed by atoms with Crippen LogP contribution in [0, 0.1) is 17.0 Å². The number of hydrazone groups is 1. The molecule has 0 spiro atoms. The van der Waals surface area contributed by atoms with Gasteiger partial charge in [0.15, 0.2) is 0 Å². The van der Waals surface area contributed by atoms with Crippen LogP contribution in [0.1, 0.15) is 11.1 Å². The second-order valence-corrected chi connectivity index (χ2v) is 8.12. The molecule has 0 amide bonds. The number of benzene rings is 2. The monoisotopic (exact) mass is 404 g/mol. The predicted molar refractivity (Wildman–Crippen MR) is 105 cm³/mol. The van der Waals surface area contributed by atoms with E-state index in [1.807, 2.05) is 31.2 Å². The molecule has 1 saturated heterocycles. The van der Waals surface area contributed by atoms with Gasteiger partial charge in [-0.1, -0.05) is 24.3 Å². The molecule has 0 aliphatic carbocycles. The number of nitrogens with one attached hydrogen (secondary N) is 1. The third-order valence-corrected chi connectivity index (χ3v) is 6.25. The van der Waals surface area contributed by atoms with E-state index in [0.29, 0.717) is 13.2 Å². The summed E-state index contributed by atoms with van der Waals surface area (Å²) in [4.78, 5) is 10.7. The molecule has 3 rings (SSSR count). The molecule has 2 aromatic rings. The molecule has 0 atom stereocenters. The number of ether oxygens (including phenoxy) is 1. The Bertz CT molecular complexity index is 1000. The Balaban J connectivity index is 1.85. The van der Waals surface area contributed by atoms with Crippen LogP contribution in [0.4, 0.5) is 11.4 Å². The van der Waals surface area contributed by atoms with Crippen molar-refractivity contribution in [3.63, 3.8) is 0 Å². The average Bonchev–Trinajstić information content (AvgIpc) is 2.70. The first kappa shape index (κ1) is 19.9. The highest BCUT2D eigenvalue weighted by Gasteiger charge is 2.28.